The third-order valence-corrected chi connectivity index (χ3v) is 5.60. The van der Waals surface area contributed by atoms with Crippen LogP contribution in [0.4, 0.5) is 0 Å². The van der Waals surface area contributed by atoms with Crippen LogP contribution in [0, 0.1) is 0 Å². The number of hydrogen-bond donors (Lipinski definition) is 0. The van der Waals surface area contributed by atoms with E-state index in [4.69, 9.17) is 21.1 Å². The molecule has 8 heteroatoms. The van der Waals surface area contributed by atoms with Gasteiger partial charge in [-0.1, -0.05) is 41.9 Å². The third-order valence-electron chi connectivity index (χ3n) is 5.29. The van der Waals surface area contributed by atoms with Crippen molar-refractivity contribution >= 4 is 17.5 Å². The topological polar surface area (TPSA) is 59.8 Å². The Morgan fingerprint density at radius 2 is 1.71 bits per heavy atom. The summed E-state index contributed by atoms with van der Waals surface area (Å²) in [6.07, 6.45) is 1.74. The van der Waals surface area contributed by atoms with E-state index in [-0.39, 0.29) is 5.91 Å². The normalized spacial score (nSPS) is 14.5. The summed E-state index contributed by atoms with van der Waals surface area (Å²) < 4.78 is 12.9. The standard InChI is InChI=1S/C23H25ClN4O3/c1-30-21-17-28(18-7-3-2-4-8-18)25-22(21)23(29)27-13-11-26(12-14-27)15-16-31-20-10-6-5-9-19(20)24/h2-10,17H,11-16H2,1H3. The largest absolute Gasteiger partial charge is 0.493 e. The average molecular weight is 441 g/mol. The van der Waals surface area contributed by atoms with Crippen LogP contribution in [0.15, 0.2) is 60.8 Å². The second-order valence-corrected chi connectivity index (χ2v) is 7.65. The Bertz CT molecular complexity index is 1020. The molecule has 4 rings (SSSR count). The van der Waals surface area contributed by atoms with E-state index in [0.29, 0.717) is 41.9 Å². The molecule has 1 fully saturated rings. The highest BCUT2D eigenvalue weighted by Gasteiger charge is 2.27. The molecule has 0 aliphatic carbocycles. The number of aromatic nitrogens is 2. The third kappa shape index (κ3) is 5.00. The molecule has 1 aliphatic rings. The molecule has 0 saturated carbocycles. The highest BCUT2D eigenvalue weighted by molar-refractivity contribution is 6.32. The van der Waals surface area contributed by atoms with Gasteiger partial charge in [0.15, 0.2) is 11.4 Å². The lowest BCUT2D eigenvalue weighted by atomic mass is 10.2. The zero-order valence-electron chi connectivity index (χ0n) is 17.4. The van der Waals surface area contributed by atoms with Gasteiger partial charge in [-0.3, -0.25) is 9.69 Å². The molecule has 2 heterocycles. The van der Waals surface area contributed by atoms with Crippen molar-refractivity contribution in [1.82, 2.24) is 19.6 Å². The van der Waals surface area contributed by atoms with Crippen LogP contribution in [-0.2, 0) is 0 Å². The van der Waals surface area contributed by atoms with Gasteiger partial charge in [0.05, 0.1) is 24.0 Å². The molecule has 1 saturated heterocycles. The van der Waals surface area contributed by atoms with Crippen LogP contribution in [-0.4, -0.2) is 71.9 Å². The second kappa shape index (κ2) is 9.85. The monoisotopic (exact) mass is 440 g/mol. The van der Waals surface area contributed by atoms with E-state index < -0.39 is 0 Å². The minimum absolute atomic E-state index is 0.113. The van der Waals surface area contributed by atoms with Crippen molar-refractivity contribution < 1.29 is 14.3 Å². The van der Waals surface area contributed by atoms with Gasteiger partial charge in [-0.2, -0.15) is 5.10 Å². The Kier molecular flexibility index (Phi) is 6.74. The summed E-state index contributed by atoms with van der Waals surface area (Å²) in [5.74, 6) is 1.06. The Labute approximate surface area is 186 Å². The summed E-state index contributed by atoms with van der Waals surface area (Å²) in [6.45, 7) is 4.14. The molecule has 0 spiro atoms. The SMILES string of the molecule is COc1cn(-c2ccccc2)nc1C(=O)N1CCN(CCOc2ccccc2Cl)CC1. The van der Waals surface area contributed by atoms with Gasteiger partial charge in [0, 0.05) is 32.7 Å². The van der Waals surface area contributed by atoms with Crippen molar-refractivity contribution in [2.45, 2.75) is 0 Å². The number of piperazine rings is 1. The average Bonchev–Trinajstić information content (AvgIpc) is 3.25. The number of benzene rings is 2. The summed E-state index contributed by atoms with van der Waals surface area (Å²) >= 11 is 6.12. The maximum absolute atomic E-state index is 13.1. The van der Waals surface area contributed by atoms with E-state index >= 15 is 0 Å². The number of halogens is 1. The summed E-state index contributed by atoms with van der Waals surface area (Å²) in [7, 11) is 1.56. The fourth-order valence-electron chi connectivity index (χ4n) is 3.54. The molecule has 0 bridgehead atoms. The zero-order valence-corrected chi connectivity index (χ0v) is 18.2. The van der Waals surface area contributed by atoms with E-state index in [9.17, 15) is 4.79 Å². The van der Waals surface area contributed by atoms with Crippen LogP contribution in [0.3, 0.4) is 0 Å². The van der Waals surface area contributed by atoms with Crippen molar-refractivity contribution in [3.8, 4) is 17.2 Å². The maximum Gasteiger partial charge on any atom is 0.278 e. The van der Waals surface area contributed by atoms with Crippen LogP contribution < -0.4 is 9.47 Å². The molecule has 3 aromatic rings. The van der Waals surface area contributed by atoms with Gasteiger partial charge in [-0.05, 0) is 24.3 Å². The highest BCUT2D eigenvalue weighted by Crippen LogP contribution is 2.23. The quantitative estimate of drug-likeness (QED) is 0.563. The van der Waals surface area contributed by atoms with Gasteiger partial charge in [0.1, 0.15) is 12.4 Å². The molecular formula is C23H25ClN4O3. The molecule has 0 N–H and O–H groups in total. The Balaban J connectivity index is 1.32. The van der Waals surface area contributed by atoms with Crippen molar-refractivity contribution in [1.29, 1.82) is 0 Å². The van der Waals surface area contributed by atoms with Crippen molar-refractivity contribution in [3.63, 3.8) is 0 Å². The van der Waals surface area contributed by atoms with E-state index in [1.165, 1.54) is 0 Å². The predicted octanol–water partition coefficient (Wildman–Crippen LogP) is 3.37. The summed E-state index contributed by atoms with van der Waals surface area (Å²) in [5.41, 5.74) is 1.21. The number of amides is 1. The van der Waals surface area contributed by atoms with E-state index in [0.717, 1.165) is 25.3 Å². The molecule has 162 valence electrons. The minimum Gasteiger partial charge on any atom is -0.493 e. The number of rotatable bonds is 7. The first-order valence-corrected chi connectivity index (χ1v) is 10.6. The molecule has 1 aromatic heterocycles. The lowest BCUT2D eigenvalue weighted by Gasteiger charge is -2.34. The van der Waals surface area contributed by atoms with E-state index in [1.807, 2.05) is 59.5 Å². The van der Waals surface area contributed by atoms with Crippen molar-refractivity contribution in [2.75, 3.05) is 46.4 Å². The first kappa shape index (κ1) is 21.2. The van der Waals surface area contributed by atoms with Crippen LogP contribution in [0.1, 0.15) is 10.5 Å². The molecule has 7 nitrogen and oxygen atoms in total. The molecule has 1 aliphatic heterocycles. The molecule has 1 amide bonds. The Hall–Kier alpha value is -3.03. The number of para-hydroxylation sites is 2. The van der Waals surface area contributed by atoms with Crippen LogP contribution in [0.2, 0.25) is 5.02 Å². The number of methoxy groups -OCH3 is 1. The number of nitrogens with zero attached hydrogens (tertiary/aromatic N) is 4. The highest BCUT2D eigenvalue weighted by atomic mass is 35.5. The van der Waals surface area contributed by atoms with Crippen molar-refractivity contribution in [3.05, 3.63) is 71.5 Å². The first-order chi connectivity index (χ1) is 15.2. The van der Waals surface area contributed by atoms with Gasteiger partial charge in [0.25, 0.3) is 5.91 Å². The maximum atomic E-state index is 13.1. The zero-order chi connectivity index (χ0) is 21.6. The van der Waals surface area contributed by atoms with Crippen LogP contribution in [0.5, 0.6) is 11.5 Å². The number of hydrogen-bond acceptors (Lipinski definition) is 5. The molecular weight excluding hydrogens is 416 g/mol. The van der Waals surface area contributed by atoms with Gasteiger partial charge >= 0.3 is 0 Å². The molecule has 2 aromatic carbocycles. The molecule has 31 heavy (non-hydrogen) atoms. The first-order valence-electron chi connectivity index (χ1n) is 10.2. The second-order valence-electron chi connectivity index (χ2n) is 7.24. The molecule has 0 atom stereocenters. The van der Waals surface area contributed by atoms with Gasteiger partial charge in [0.2, 0.25) is 0 Å². The number of carbonyl (C=O) groups is 1. The fraction of sp³-hybridized carbons (Fsp3) is 0.304. The van der Waals surface area contributed by atoms with Crippen LogP contribution in [0.25, 0.3) is 5.69 Å². The Morgan fingerprint density at radius 3 is 2.42 bits per heavy atom. The lowest BCUT2D eigenvalue weighted by Crippen LogP contribution is -2.49. The van der Waals surface area contributed by atoms with Crippen LogP contribution >= 0.6 is 11.6 Å². The molecule has 0 unspecified atom stereocenters. The van der Waals surface area contributed by atoms with Gasteiger partial charge in [-0.15, -0.1) is 0 Å². The fourth-order valence-corrected chi connectivity index (χ4v) is 3.73. The molecule has 0 radical (unpaired) electrons. The summed E-state index contributed by atoms with van der Waals surface area (Å²) in [6, 6.07) is 17.1. The van der Waals surface area contributed by atoms with Gasteiger partial charge in [-0.25, -0.2) is 4.68 Å². The summed E-state index contributed by atoms with van der Waals surface area (Å²) in [4.78, 5) is 17.2. The van der Waals surface area contributed by atoms with E-state index in [2.05, 4.69) is 10.00 Å². The number of ether oxygens (including phenoxy) is 2. The smallest absolute Gasteiger partial charge is 0.278 e. The van der Waals surface area contributed by atoms with E-state index in [1.54, 1.807) is 18.0 Å². The predicted molar refractivity (Wildman–Crippen MR) is 119 cm³/mol. The Morgan fingerprint density at radius 1 is 1.00 bits per heavy atom. The summed E-state index contributed by atoms with van der Waals surface area (Å²) in [5, 5.41) is 5.10. The number of carbonyl (C=O) groups excluding carboxylic acids is 1. The minimum atomic E-state index is -0.113. The lowest BCUT2D eigenvalue weighted by molar-refractivity contribution is 0.0611. The van der Waals surface area contributed by atoms with Crippen molar-refractivity contribution in [2.24, 2.45) is 0 Å². The van der Waals surface area contributed by atoms with Gasteiger partial charge < -0.3 is 14.4 Å².